The molecule has 6 heteroatoms. The van der Waals surface area contributed by atoms with Gasteiger partial charge >= 0.3 is 0 Å². The van der Waals surface area contributed by atoms with Crippen LogP contribution >= 0.6 is 11.3 Å². The van der Waals surface area contributed by atoms with Gasteiger partial charge in [0.05, 0.1) is 17.2 Å². The number of guanidine groups is 1. The highest BCUT2D eigenvalue weighted by atomic mass is 32.1. The van der Waals surface area contributed by atoms with Crippen molar-refractivity contribution in [3.8, 4) is 0 Å². The number of piperidine rings is 1. The zero-order valence-electron chi connectivity index (χ0n) is 16.9. The lowest BCUT2D eigenvalue weighted by Crippen LogP contribution is -2.36. The summed E-state index contributed by atoms with van der Waals surface area (Å²) >= 11 is 1.74. The fraction of sp³-hybridized carbons (Fsp3) is 0.524. The van der Waals surface area contributed by atoms with Crippen molar-refractivity contribution in [1.82, 2.24) is 15.6 Å². The topological polar surface area (TPSA) is 52.6 Å². The third-order valence-corrected chi connectivity index (χ3v) is 6.26. The van der Waals surface area contributed by atoms with Crippen LogP contribution in [0.25, 0.3) is 0 Å². The highest BCUT2D eigenvalue weighted by Crippen LogP contribution is 2.23. The van der Waals surface area contributed by atoms with Crippen LogP contribution in [0.15, 0.2) is 29.3 Å². The summed E-state index contributed by atoms with van der Waals surface area (Å²) in [5.41, 5.74) is 3.70. The van der Waals surface area contributed by atoms with Crippen LogP contribution in [-0.4, -0.2) is 31.1 Å². The number of nitrogens with one attached hydrogen (secondary N) is 2. The minimum atomic E-state index is 0.753. The first-order chi connectivity index (χ1) is 13.0. The van der Waals surface area contributed by atoms with Crippen LogP contribution in [0.2, 0.25) is 0 Å². The Morgan fingerprint density at radius 1 is 1.15 bits per heavy atom. The fourth-order valence-electron chi connectivity index (χ4n) is 3.40. The molecule has 2 aromatic rings. The lowest BCUT2D eigenvalue weighted by molar-refractivity contribution is 0.438. The second-order valence-corrected chi connectivity index (χ2v) is 8.64. The van der Waals surface area contributed by atoms with Crippen molar-refractivity contribution in [2.45, 2.75) is 46.7 Å². The largest absolute Gasteiger partial charge is 0.372 e. The summed E-state index contributed by atoms with van der Waals surface area (Å²) in [6, 6.07) is 8.91. The van der Waals surface area contributed by atoms with E-state index in [2.05, 4.69) is 63.6 Å². The van der Waals surface area contributed by atoms with Crippen molar-refractivity contribution < 1.29 is 0 Å². The Hall–Kier alpha value is -2.08. The van der Waals surface area contributed by atoms with Gasteiger partial charge in [-0.05, 0) is 50.3 Å². The molecule has 1 aromatic carbocycles. The average molecular weight is 386 g/mol. The van der Waals surface area contributed by atoms with Gasteiger partial charge in [0.2, 0.25) is 0 Å². The Morgan fingerprint density at radius 3 is 2.41 bits per heavy atom. The summed E-state index contributed by atoms with van der Waals surface area (Å²) in [5, 5.41) is 7.88. The zero-order valence-corrected chi connectivity index (χ0v) is 17.7. The van der Waals surface area contributed by atoms with E-state index in [1.54, 1.807) is 18.4 Å². The lowest BCUT2D eigenvalue weighted by atomic mass is 9.99. The van der Waals surface area contributed by atoms with Gasteiger partial charge < -0.3 is 15.5 Å². The van der Waals surface area contributed by atoms with E-state index in [0.717, 1.165) is 35.7 Å². The number of rotatable bonds is 5. The minimum Gasteiger partial charge on any atom is -0.372 e. The fourth-order valence-corrected chi connectivity index (χ4v) is 4.28. The van der Waals surface area contributed by atoms with Gasteiger partial charge in [0.15, 0.2) is 5.96 Å². The Balaban J connectivity index is 1.48. The van der Waals surface area contributed by atoms with Gasteiger partial charge in [0.1, 0.15) is 0 Å². The van der Waals surface area contributed by atoms with E-state index >= 15 is 0 Å². The number of thiazole rings is 1. The first kappa shape index (κ1) is 19.7. The summed E-state index contributed by atoms with van der Waals surface area (Å²) in [5.74, 6) is 1.68. The molecule has 146 valence electrons. The molecule has 0 amide bonds. The van der Waals surface area contributed by atoms with E-state index in [1.165, 1.54) is 42.1 Å². The third kappa shape index (κ3) is 5.45. The first-order valence-electron chi connectivity index (χ1n) is 9.76. The molecule has 1 saturated heterocycles. The van der Waals surface area contributed by atoms with Gasteiger partial charge in [0.25, 0.3) is 0 Å². The van der Waals surface area contributed by atoms with E-state index in [1.807, 2.05) is 6.92 Å². The minimum absolute atomic E-state index is 0.753. The molecular formula is C21H31N5S. The monoisotopic (exact) mass is 385 g/mol. The maximum atomic E-state index is 4.47. The summed E-state index contributed by atoms with van der Waals surface area (Å²) in [6.45, 7) is 10.3. The highest BCUT2D eigenvalue weighted by molar-refractivity contribution is 7.11. The number of hydrogen-bond donors (Lipinski definition) is 2. The molecule has 0 saturated carbocycles. The van der Waals surface area contributed by atoms with Gasteiger partial charge in [-0.3, -0.25) is 4.99 Å². The number of benzene rings is 1. The molecule has 1 fully saturated rings. The maximum Gasteiger partial charge on any atom is 0.191 e. The molecule has 27 heavy (non-hydrogen) atoms. The third-order valence-electron chi connectivity index (χ3n) is 5.18. The van der Waals surface area contributed by atoms with Crippen molar-refractivity contribution in [1.29, 1.82) is 0 Å². The Kier molecular flexibility index (Phi) is 6.72. The van der Waals surface area contributed by atoms with Crippen LogP contribution in [0.4, 0.5) is 5.69 Å². The van der Waals surface area contributed by atoms with Crippen molar-refractivity contribution in [3.63, 3.8) is 0 Å². The van der Waals surface area contributed by atoms with Crippen molar-refractivity contribution in [2.75, 3.05) is 25.0 Å². The molecular weight excluding hydrogens is 354 g/mol. The normalized spacial score (nSPS) is 15.9. The Labute approximate surface area is 166 Å². The SMILES string of the molecule is CN=C(NCc1ccc(N2CCC(C)CC2)cc1)NCc1sc(C)nc1C. The molecule has 3 rings (SSSR count). The molecule has 0 aliphatic carbocycles. The first-order valence-corrected chi connectivity index (χ1v) is 10.6. The molecule has 0 atom stereocenters. The number of hydrogen-bond acceptors (Lipinski definition) is 4. The molecule has 0 bridgehead atoms. The molecule has 2 N–H and O–H groups in total. The molecule has 0 spiro atoms. The maximum absolute atomic E-state index is 4.47. The average Bonchev–Trinajstić information content (AvgIpc) is 3.00. The smallest absolute Gasteiger partial charge is 0.191 e. The summed E-state index contributed by atoms with van der Waals surface area (Å²) in [4.78, 5) is 12.6. The summed E-state index contributed by atoms with van der Waals surface area (Å²) < 4.78 is 0. The van der Waals surface area contributed by atoms with Crippen molar-refractivity contribution in [3.05, 3.63) is 45.4 Å². The molecule has 2 heterocycles. The van der Waals surface area contributed by atoms with Crippen molar-refractivity contribution in [2.24, 2.45) is 10.9 Å². The molecule has 0 radical (unpaired) electrons. The lowest BCUT2D eigenvalue weighted by Gasteiger charge is -2.32. The van der Waals surface area contributed by atoms with E-state index in [-0.39, 0.29) is 0 Å². The number of aromatic nitrogens is 1. The standard InChI is InChI=1S/C21H31N5S/c1-15-9-11-26(12-10-15)19-7-5-18(6-8-19)13-23-21(22-4)24-14-20-16(2)25-17(3)27-20/h5-8,15H,9-14H2,1-4H3,(H2,22,23,24). The molecule has 5 nitrogen and oxygen atoms in total. The number of aliphatic imine (C=N–C) groups is 1. The number of anilines is 1. The highest BCUT2D eigenvalue weighted by Gasteiger charge is 2.15. The predicted octanol–water partition coefficient (Wildman–Crippen LogP) is 3.86. The van der Waals surface area contributed by atoms with Gasteiger partial charge in [-0.25, -0.2) is 4.98 Å². The van der Waals surface area contributed by atoms with Gasteiger partial charge in [-0.1, -0.05) is 19.1 Å². The van der Waals surface area contributed by atoms with Crippen LogP contribution in [0.1, 0.15) is 40.9 Å². The van der Waals surface area contributed by atoms with Crippen LogP contribution in [0.3, 0.4) is 0 Å². The van der Waals surface area contributed by atoms with Crippen molar-refractivity contribution >= 4 is 23.0 Å². The van der Waals surface area contributed by atoms with Crippen LogP contribution in [0, 0.1) is 19.8 Å². The van der Waals surface area contributed by atoms with E-state index in [0.29, 0.717) is 0 Å². The quantitative estimate of drug-likeness (QED) is 0.606. The van der Waals surface area contributed by atoms with Gasteiger partial charge in [0, 0.05) is 37.2 Å². The molecule has 0 unspecified atom stereocenters. The Morgan fingerprint density at radius 2 is 1.81 bits per heavy atom. The van der Waals surface area contributed by atoms with E-state index < -0.39 is 0 Å². The van der Waals surface area contributed by atoms with E-state index in [9.17, 15) is 0 Å². The van der Waals surface area contributed by atoms with E-state index in [4.69, 9.17) is 0 Å². The molecule has 1 aliphatic heterocycles. The second-order valence-electron chi connectivity index (χ2n) is 7.36. The summed E-state index contributed by atoms with van der Waals surface area (Å²) in [6.07, 6.45) is 2.59. The second kappa shape index (κ2) is 9.22. The van der Waals surface area contributed by atoms with Gasteiger partial charge in [-0.15, -0.1) is 11.3 Å². The number of nitrogens with zero attached hydrogens (tertiary/aromatic N) is 3. The molecule has 1 aliphatic rings. The van der Waals surface area contributed by atoms with Crippen LogP contribution in [-0.2, 0) is 13.1 Å². The van der Waals surface area contributed by atoms with Crippen LogP contribution < -0.4 is 15.5 Å². The van der Waals surface area contributed by atoms with Gasteiger partial charge in [-0.2, -0.15) is 0 Å². The van der Waals surface area contributed by atoms with Crippen LogP contribution in [0.5, 0.6) is 0 Å². The Bertz CT molecular complexity index is 757. The predicted molar refractivity (Wildman–Crippen MR) is 116 cm³/mol. The molecule has 1 aromatic heterocycles. The summed E-state index contributed by atoms with van der Waals surface area (Å²) in [7, 11) is 1.81. The zero-order chi connectivity index (χ0) is 19.2. The number of aryl methyl sites for hydroxylation is 2.